The molecular weight excluding hydrogens is 334 g/mol. The summed E-state index contributed by atoms with van der Waals surface area (Å²) in [5.74, 6) is 0. The molecule has 0 bridgehead atoms. The first-order valence-electron chi connectivity index (χ1n) is 7.02. The topological polar surface area (TPSA) is 58.4 Å². The summed E-state index contributed by atoms with van der Waals surface area (Å²) in [6.07, 6.45) is 0.818. The van der Waals surface area contributed by atoms with Crippen LogP contribution >= 0.6 is 15.9 Å². The number of nitro benzene ring substituents is 1. The second-order valence-electron chi connectivity index (χ2n) is 5.43. The number of nitrogens with zero attached hydrogens (tertiary/aromatic N) is 2. The zero-order chi connectivity index (χ0) is 15.4. The van der Waals surface area contributed by atoms with E-state index in [-0.39, 0.29) is 16.7 Å². The molecule has 0 aliphatic carbocycles. The smallest absolute Gasteiger partial charge is 0.283 e. The first-order chi connectivity index (χ1) is 9.99. The quantitative estimate of drug-likeness (QED) is 0.501. The fraction of sp³-hybridized carbons (Fsp3) is 0.467. The lowest BCUT2D eigenvalue weighted by atomic mass is 9.97. The van der Waals surface area contributed by atoms with Crippen LogP contribution in [-0.2, 0) is 0 Å². The van der Waals surface area contributed by atoms with Crippen molar-refractivity contribution in [3.05, 3.63) is 50.5 Å². The van der Waals surface area contributed by atoms with Crippen LogP contribution in [0, 0.1) is 10.1 Å². The van der Waals surface area contributed by atoms with Gasteiger partial charge in [-0.1, -0.05) is 11.6 Å². The first-order valence-corrected chi connectivity index (χ1v) is 7.81. The Morgan fingerprint density at radius 3 is 2.76 bits per heavy atom. The molecule has 1 aromatic carbocycles. The maximum absolute atomic E-state index is 11.1. The zero-order valence-corrected chi connectivity index (χ0v) is 13.7. The molecule has 1 aromatic rings. The Hall–Kier alpha value is -1.24. The Morgan fingerprint density at radius 2 is 2.19 bits per heavy atom. The molecule has 0 saturated carbocycles. The molecule has 1 atom stereocenters. The molecule has 2 rings (SSSR count). The summed E-state index contributed by atoms with van der Waals surface area (Å²) < 4.78 is 0.519. The molecule has 0 amide bonds. The van der Waals surface area contributed by atoms with Gasteiger partial charge in [0.25, 0.3) is 5.69 Å². The highest BCUT2D eigenvalue weighted by molar-refractivity contribution is 9.10. The lowest BCUT2D eigenvalue weighted by molar-refractivity contribution is -0.385. The van der Waals surface area contributed by atoms with Crippen molar-refractivity contribution in [3.63, 3.8) is 0 Å². The monoisotopic (exact) mass is 353 g/mol. The first kappa shape index (κ1) is 16.1. The van der Waals surface area contributed by atoms with Gasteiger partial charge >= 0.3 is 0 Å². The average molecular weight is 354 g/mol. The molecule has 1 aliphatic heterocycles. The van der Waals surface area contributed by atoms with Gasteiger partial charge in [-0.15, -0.1) is 6.58 Å². The number of rotatable bonds is 5. The van der Waals surface area contributed by atoms with Crippen LogP contribution in [0.25, 0.3) is 0 Å². The molecule has 0 aromatic heterocycles. The molecule has 1 heterocycles. The van der Waals surface area contributed by atoms with Gasteiger partial charge in [-0.3, -0.25) is 15.0 Å². The summed E-state index contributed by atoms with van der Waals surface area (Å²) in [5, 5.41) is 14.5. The second kappa shape index (κ2) is 7.15. The van der Waals surface area contributed by atoms with Crippen LogP contribution in [0.4, 0.5) is 5.69 Å². The molecule has 0 radical (unpaired) electrons. The molecule has 1 saturated heterocycles. The van der Waals surface area contributed by atoms with Crippen LogP contribution in [0.15, 0.2) is 34.8 Å². The summed E-state index contributed by atoms with van der Waals surface area (Å²) >= 11 is 3.24. The lowest BCUT2D eigenvalue weighted by Gasteiger charge is -2.35. The van der Waals surface area contributed by atoms with E-state index in [1.54, 1.807) is 12.1 Å². The van der Waals surface area contributed by atoms with E-state index >= 15 is 0 Å². The molecule has 6 heteroatoms. The summed E-state index contributed by atoms with van der Waals surface area (Å²) in [7, 11) is 0. The van der Waals surface area contributed by atoms with E-state index in [0.29, 0.717) is 4.47 Å². The molecule has 1 N–H and O–H groups in total. The highest BCUT2D eigenvalue weighted by Crippen LogP contribution is 2.33. The van der Waals surface area contributed by atoms with Gasteiger partial charge in [0.1, 0.15) is 0 Å². The molecule has 5 nitrogen and oxygen atoms in total. The normalized spacial score (nSPS) is 17.4. The zero-order valence-electron chi connectivity index (χ0n) is 12.1. The second-order valence-corrected chi connectivity index (χ2v) is 6.29. The summed E-state index contributed by atoms with van der Waals surface area (Å²) in [6.45, 7) is 9.80. The predicted octanol–water partition coefficient (Wildman–Crippen LogP) is 3.27. The molecule has 1 fully saturated rings. The Labute approximate surface area is 133 Å². The lowest BCUT2D eigenvalue weighted by Crippen LogP contribution is -2.45. The van der Waals surface area contributed by atoms with Crippen molar-refractivity contribution in [2.24, 2.45) is 0 Å². The number of piperazine rings is 1. The van der Waals surface area contributed by atoms with Crippen molar-refractivity contribution in [2.75, 3.05) is 26.2 Å². The third kappa shape index (κ3) is 4.12. The Bertz CT molecular complexity index is 542. The number of hydrogen-bond acceptors (Lipinski definition) is 4. The minimum atomic E-state index is -0.344. The minimum Gasteiger partial charge on any atom is -0.314 e. The van der Waals surface area contributed by atoms with Crippen LogP contribution in [0.2, 0.25) is 0 Å². The number of nitro groups is 1. The molecule has 114 valence electrons. The van der Waals surface area contributed by atoms with Gasteiger partial charge < -0.3 is 5.32 Å². The standard InChI is InChI=1S/C15H20BrN3O2/c1-11(2)9-14(18-7-5-17-6-8-18)12-3-4-13(16)15(10-12)19(20)21/h3-4,10,14,17H,1,5-9H2,2H3/t14-/m1/s1. The van der Waals surface area contributed by atoms with E-state index in [1.165, 1.54) is 0 Å². The van der Waals surface area contributed by atoms with Gasteiger partial charge in [0, 0.05) is 38.3 Å². The van der Waals surface area contributed by atoms with Crippen LogP contribution in [-0.4, -0.2) is 36.0 Å². The summed E-state index contributed by atoms with van der Waals surface area (Å²) in [6, 6.07) is 5.56. The van der Waals surface area contributed by atoms with E-state index in [1.807, 2.05) is 13.0 Å². The van der Waals surface area contributed by atoms with Crippen LogP contribution in [0.5, 0.6) is 0 Å². The van der Waals surface area contributed by atoms with Gasteiger partial charge in [-0.05, 0) is 40.9 Å². The molecule has 0 unspecified atom stereocenters. The summed E-state index contributed by atoms with van der Waals surface area (Å²) in [4.78, 5) is 13.2. The van der Waals surface area contributed by atoms with E-state index < -0.39 is 0 Å². The number of halogens is 1. The maximum Gasteiger partial charge on any atom is 0.283 e. The largest absolute Gasteiger partial charge is 0.314 e. The van der Waals surface area contributed by atoms with Crippen LogP contribution < -0.4 is 5.32 Å². The van der Waals surface area contributed by atoms with E-state index in [2.05, 4.69) is 32.7 Å². The molecular formula is C15H20BrN3O2. The van der Waals surface area contributed by atoms with Gasteiger partial charge in [-0.25, -0.2) is 0 Å². The van der Waals surface area contributed by atoms with Crippen molar-refractivity contribution < 1.29 is 4.92 Å². The average Bonchev–Trinajstić information content (AvgIpc) is 2.46. The highest BCUT2D eigenvalue weighted by Gasteiger charge is 2.24. The maximum atomic E-state index is 11.1. The van der Waals surface area contributed by atoms with Crippen molar-refractivity contribution in [1.29, 1.82) is 0 Å². The Morgan fingerprint density at radius 1 is 1.52 bits per heavy atom. The van der Waals surface area contributed by atoms with Crippen molar-refractivity contribution in [2.45, 2.75) is 19.4 Å². The summed E-state index contributed by atoms with van der Waals surface area (Å²) in [5.41, 5.74) is 2.19. The fourth-order valence-corrected chi connectivity index (χ4v) is 3.05. The molecule has 0 spiro atoms. The number of nitrogens with one attached hydrogen (secondary N) is 1. The predicted molar refractivity (Wildman–Crippen MR) is 87.4 cm³/mol. The van der Waals surface area contributed by atoms with Gasteiger partial charge in [-0.2, -0.15) is 0 Å². The SMILES string of the molecule is C=C(C)C[C@H](c1ccc(Br)c([N+](=O)[O-])c1)N1CCNCC1. The number of hydrogen-bond donors (Lipinski definition) is 1. The highest BCUT2D eigenvalue weighted by atomic mass is 79.9. The van der Waals surface area contributed by atoms with Gasteiger partial charge in [0.15, 0.2) is 0 Å². The fourth-order valence-electron chi connectivity index (χ4n) is 2.66. The van der Waals surface area contributed by atoms with E-state index in [4.69, 9.17) is 0 Å². The minimum absolute atomic E-state index is 0.120. The van der Waals surface area contributed by atoms with E-state index in [0.717, 1.165) is 43.7 Å². The number of benzene rings is 1. The van der Waals surface area contributed by atoms with Crippen molar-refractivity contribution >= 4 is 21.6 Å². The van der Waals surface area contributed by atoms with E-state index in [9.17, 15) is 10.1 Å². The third-order valence-corrected chi connectivity index (χ3v) is 4.36. The van der Waals surface area contributed by atoms with Gasteiger partial charge in [0.2, 0.25) is 0 Å². The van der Waals surface area contributed by atoms with Crippen molar-refractivity contribution in [1.82, 2.24) is 10.2 Å². The molecule has 1 aliphatic rings. The third-order valence-electron chi connectivity index (χ3n) is 3.69. The Balaban J connectivity index is 2.33. The Kier molecular flexibility index (Phi) is 5.50. The van der Waals surface area contributed by atoms with Gasteiger partial charge in [0.05, 0.1) is 9.40 Å². The van der Waals surface area contributed by atoms with Crippen LogP contribution in [0.3, 0.4) is 0 Å². The molecule has 21 heavy (non-hydrogen) atoms. The van der Waals surface area contributed by atoms with Crippen molar-refractivity contribution in [3.8, 4) is 0 Å². The van der Waals surface area contributed by atoms with Crippen LogP contribution in [0.1, 0.15) is 24.9 Å².